The summed E-state index contributed by atoms with van der Waals surface area (Å²) in [5.41, 5.74) is 2.42. The van der Waals surface area contributed by atoms with Crippen LogP contribution in [0.5, 0.6) is 0 Å². The lowest BCUT2D eigenvalue weighted by atomic mass is 10.2. The fourth-order valence-electron chi connectivity index (χ4n) is 2.20. The van der Waals surface area contributed by atoms with Gasteiger partial charge in [-0.05, 0) is 30.7 Å². The van der Waals surface area contributed by atoms with E-state index in [1.807, 2.05) is 24.7 Å². The van der Waals surface area contributed by atoms with Crippen molar-refractivity contribution in [2.45, 2.75) is 13.3 Å². The summed E-state index contributed by atoms with van der Waals surface area (Å²) in [6, 6.07) is 8.23. The van der Waals surface area contributed by atoms with Gasteiger partial charge in [-0.15, -0.1) is 23.7 Å². The number of anilines is 2. The van der Waals surface area contributed by atoms with Crippen molar-refractivity contribution in [3.8, 4) is 0 Å². The third-order valence-corrected chi connectivity index (χ3v) is 3.93. The van der Waals surface area contributed by atoms with Crippen LogP contribution in [0.2, 0.25) is 0 Å². The molecule has 0 atom stereocenters. The van der Waals surface area contributed by atoms with Crippen LogP contribution in [0, 0.1) is 0 Å². The molecule has 0 bridgehead atoms. The van der Waals surface area contributed by atoms with Gasteiger partial charge in [-0.2, -0.15) is 0 Å². The summed E-state index contributed by atoms with van der Waals surface area (Å²) in [5, 5.41) is 3.41. The van der Waals surface area contributed by atoms with E-state index in [2.05, 4.69) is 45.4 Å². The molecule has 0 aromatic carbocycles. The van der Waals surface area contributed by atoms with Crippen LogP contribution in [0.3, 0.4) is 0 Å². The Labute approximate surface area is 128 Å². The number of hydrogen-bond acceptors (Lipinski definition) is 4. The Bertz CT molecular complexity index is 669. The van der Waals surface area contributed by atoms with Gasteiger partial charge in [0.25, 0.3) is 0 Å². The Morgan fingerprint density at radius 2 is 1.95 bits per heavy atom. The van der Waals surface area contributed by atoms with Gasteiger partial charge < -0.3 is 4.90 Å². The van der Waals surface area contributed by atoms with Crippen molar-refractivity contribution in [2.75, 3.05) is 11.4 Å². The van der Waals surface area contributed by atoms with E-state index in [9.17, 15) is 0 Å². The Kier molecular flexibility index (Phi) is 4.93. The van der Waals surface area contributed by atoms with Crippen molar-refractivity contribution >= 4 is 45.3 Å². The van der Waals surface area contributed by atoms with Crippen molar-refractivity contribution < 1.29 is 0 Å². The molecule has 104 valence electrons. The first kappa shape index (κ1) is 14.8. The lowest BCUT2D eigenvalue weighted by molar-refractivity contribution is 0.888. The minimum atomic E-state index is 0. The highest BCUT2D eigenvalue weighted by molar-refractivity contribution is 7.17. The molecule has 3 rings (SSSR count). The number of thiophene rings is 1. The number of aromatic nitrogens is 2. The molecule has 0 aliphatic heterocycles. The van der Waals surface area contributed by atoms with Crippen LogP contribution in [0.25, 0.3) is 10.2 Å². The van der Waals surface area contributed by atoms with E-state index in [1.165, 1.54) is 16.8 Å². The second-order valence-corrected chi connectivity index (χ2v) is 5.19. The van der Waals surface area contributed by atoms with Gasteiger partial charge in [0.05, 0.1) is 5.69 Å². The Morgan fingerprint density at radius 3 is 2.70 bits per heavy atom. The first-order valence-corrected chi connectivity index (χ1v) is 7.28. The van der Waals surface area contributed by atoms with Gasteiger partial charge >= 0.3 is 0 Å². The molecule has 20 heavy (non-hydrogen) atoms. The highest BCUT2D eigenvalue weighted by Gasteiger charge is 2.13. The Balaban J connectivity index is 0.00000147. The molecule has 0 amide bonds. The maximum absolute atomic E-state index is 4.42. The standard InChI is InChI=1S/C15H15N3S.ClH/c1-2-10-18(12-5-8-16-9-6-12)14-11-19-15-13(14)4-3-7-17-15;/h3-9,11H,2,10H2,1H3;1H. The van der Waals surface area contributed by atoms with Crippen LogP contribution in [0.1, 0.15) is 13.3 Å². The van der Waals surface area contributed by atoms with Crippen molar-refractivity contribution in [1.29, 1.82) is 0 Å². The summed E-state index contributed by atoms with van der Waals surface area (Å²) in [7, 11) is 0. The highest BCUT2D eigenvalue weighted by Crippen LogP contribution is 2.35. The zero-order valence-corrected chi connectivity index (χ0v) is 12.8. The first-order valence-electron chi connectivity index (χ1n) is 6.40. The van der Waals surface area contributed by atoms with E-state index in [1.54, 1.807) is 11.3 Å². The van der Waals surface area contributed by atoms with Gasteiger partial charge in [0.2, 0.25) is 0 Å². The molecule has 5 heteroatoms. The summed E-state index contributed by atoms with van der Waals surface area (Å²) in [6.07, 6.45) is 6.62. The average Bonchev–Trinajstić information content (AvgIpc) is 2.89. The van der Waals surface area contributed by atoms with Crippen LogP contribution >= 0.6 is 23.7 Å². The van der Waals surface area contributed by atoms with Crippen LogP contribution < -0.4 is 4.90 Å². The van der Waals surface area contributed by atoms with Gasteiger partial charge in [0.1, 0.15) is 4.83 Å². The predicted octanol–water partition coefficient (Wildman–Crippen LogP) is 4.66. The molecule has 0 saturated carbocycles. The van der Waals surface area contributed by atoms with E-state index in [4.69, 9.17) is 0 Å². The number of pyridine rings is 2. The third-order valence-electron chi connectivity index (χ3n) is 3.04. The molecule has 0 fully saturated rings. The van der Waals surface area contributed by atoms with Gasteiger partial charge in [-0.3, -0.25) is 4.98 Å². The van der Waals surface area contributed by atoms with Gasteiger partial charge in [0, 0.05) is 41.6 Å². The maximum atomic E-state index is 4.42. The van der Waals surface area contributed by atoms with Crippen LogP contribution in [0.4, 0.5) is 11.4 Å². The zero-order chi connectivity index (χ0) is 13.1. The quantitative estimate of drug-likeness (QED) is 0.702. The largest absolute Gasteiger partial charge is 0.340 e. The van der Waals surface area contributed by atoms with E-state index in [0.29, 0.717) is 0 Å². The molecule has 0 aliphatic rings. The molecule has 0 unspecified atom stereocenters. The van der Waals surface area contributed by atoms with Gasteiger partial charge in [0.15, 0.2) is 0 Å². The lowest BCUT2D eigenvalue weighted by Crippen LogP contribution is -2.17. The number of rotatable bonds is 4. The predicted molar refractivity (Wildman–Crippen MR) is 88.4 cm³/mol. The molecule has 3 aromatic rings. The fraction of sp³-hybridized carbons (Fsp3) is 0.200. The molecule has 0 spiro atoms. The maximum Gasteiger partial charge on any atom is 0.125 e. The topological polar surface area (TPSA) is 29.0 Å². The third kappa shape index (κ3) is 2.76. The first-order chi connectivity index (χ1) is 9.40. The van der Waals surface area contributed by atoms with Gasteiger partial charge in [-0.1, -0.05) is 6.92 Å². The Hall–Kier alpha value is -1.65. The van der Waals surface area contributed by atoms with E-state index < -0.39 is 0 Å². The molecule has 3 heterocycles. The summed E-state index contributed by atoms with van der Waals surface area (Å²) in [4.78, 5) is 11.9. The van der Waals surface area contributed by atoms with Crippen LogP contribution in [0.15, 0.2) is 48.2 Å². The monoisotopic (exact) mass is 305 g/mol. The normalized spacial score (nSPS) is 10.2. The highest BCUT2D eigenvalue weighted by atomic mass is 35.5. The Morgan fingerprint density at radius 1 is 1.15 bits per heavy atom. The van der Waals surface area contributed by atoms with E-state index in [-0.39, 0.29) is 12.4 Å². The smallest absolute Gasteiger partial charge is 0.125 e. The fourth-order valence-corrected chi connectivity index (χ4v) is 3.10. The number of hydrogen-bond donors (Lipinski definition) is 0. The molecular formula is C15H16ClN3S. The van der Waals surface area contributed by atoms with Gasteiger partial charge in [-0.25, -0.2) is 4.98 Å². The molecule has 0 saturated heterocycles. The molecule has 0 radical (unpaired) electrons. The zero-order valence-electron chi connectivity index (χ0n) is 11.2. The number of halogens is 1. The van der Waals surface area contributed by atoms with Crippen LogP contribution in [-0.4, -0.2) is 16.5 Å². The average molecular weight is 306 g/mol. The van der Waals surface area contributed by atoms with Crippen LogP contribution in [-0.2, 0) is 0 Å². The molecule has 3 aromatic heterocycles. The van der Waals surface area contributed by atoms with Crippen molar-refractivity contribution in [2.24, 2.45) is 0 Å². The second kappa shape index (κ2) is 6.68. The molecule has 3 nitrogen and oxygen atoms in total. The summed E-state index contributed by atoms with van der Waals surface area (Å²) < 4.78 is 0. The summed E-state index contributed by atoms with van der Waals surface area (Å²) >= 11 is 1.69. The minimum absolute atomic E-state index is 0. The van der Waals surface area contributed by atoms with Crippen molar-refractivity contribution in [1.82, 2.24) is 9.97 Å². The number of nitrogens with zero attached hydrogens (tertiary/aromatic N) is 3. The van der Waals surface area contributed by atoms with E-state index in [0.717, 1.165) is 17.8 Å². The SMILES string of the molecule is CCCN(c1ccncc1)c1csc2ncccc12.Cl. The number of fused-ring (bicyclic) bond motifs is 1. The molecule has 0 N–H and O–H groups in total. The van der Waals surface area contributed by atoms with E-state index >= 15 is 0 Å². The lowest BCUT2D eigenvalue weighted by Gasteiger charge is -2.23. The summed E-state index contributed by atoms with van der Waals surface area (Å²) in [6.45, 7) is 3.19. The van der Waals surface area contributed by atoms with Crippen molar-refractivity contribution in [3.63, 3.8) is 0 Å². The molecule has 0 aliphatic carbocycles. The second-order valence-electron chi connectivity index (χ2n) is 4.33. The van der Waals surface area contributed by atoms with Crippen molar-refractivity contribution in [3.05, 3.63) is 48.2 Å². The minimum Gasteiger partial charge on any atom is -0.340 e. The molecular weight excluding hydrogens is 290 g/mol. The summed E-state index contributed by atoms with van der Waals surface area (Å²) in [5.74, 6) is 0.